The second-order valence-electron chi connectivity index (χ2n) is 6.38. The molecule has 0 radical (unpaired) electrons. The lowest BCUT2D eigenvalue weighted by atomic mass is 9.79. The quantitative estimate of drug-likeness (QED) is 0.772. The lowest BCUT2D eigenvalue weighted by Crippen LogP contribution is -2.41. The molecule has 0 bridgehead atoms. The van der Waals surface area contributed by atoms with Crippen LogP contribution in [0.3, 0.4) is 0 Å². The minimum absolute atomic E-state index is 0.216. The highest BCUT2D eigenvalue weighted by Crippen LogP contribution is 2.36. The SMILES string of the molecule is CCOC(=O)[C@]1(c2ccccc2)CCN(C(=O)OCc2ccccc2)C1. The fourth-order valence-corrected chi connectivity index (χ4v) is 3.32. The molecule has 26 heavy (non-hydrogen) atoms. The summed E-state index contributed by atoms with van der Waals surface area (Å²) in [6, 6.07) is 19.1. The molecule has 0 spiro atoms. The first-order valence-electron chi connectivity index (χ1n) is 8.84. The van der Waals surface area contributed by atoms with Crippen LogP contribution in [0.5, 0.6) is 0 Å². The van der Waals surface area contributed by atoms with Crippen LogP contribution >= 0.6 is 0 Å². The molecule has 1 saturated heterocycles. The Labute approximate surface area is 153 Å². The fourth-order valence-electron chi connectivity index (χ4n) is 3.32. The highest BCUT2D eigenvalue weighted by atomic mass is 16.6. The molecule has 3 rings (SSSR count). The van der Waals surface area contributed by atoms with Gasteiger partial charge in [0.1, 0.15) is 12.0 Å². The third-order valence-electron chi connectivity index (χ3n) is 4.73. The zero-order valence-electron chi connectivity index (χ0n) is 14.9. The van der Waals surface area contributed by atoms with Crippen molar-refractivity contribution in [2.24, 2.45) is 0 Å². The van der Waals surface area contributed by atoms with E-state index in [0.29, 0.717) is 19.6 Å². The van der Waals surface area contributed by atoms with E-state index >= 15 is 0 Å². The highest BCUT2D eigenvalue weighted by molar-refractivity contribution is 5.85. The minimum atomic E-state index is -0.830. The average molecular weight is 353 g/mol. The van der Waals surface area contributed by atoms with Crippen LogP contribution in [0.2, 0.25) is 0 Å². The summed E-state index contributed by atoms with van der Waals surface area (Å²) in [5.41, 5.74) is 0.972. The summed E-state index contributed by atoms with van der Waals surface area (Å²) in [5.74, 6) is -0.287. The molecule has 1 aliphatic rings. The first-order chi connectivity index (χ1) is 12.7. The first kappa shape index (κ1) is 18.0. The van der Waals surface area contributed by atoms with Gasteiger partial charge in [0.15, 0.2) is 0 Å². The average Bonchev–Trinajstić information content (AvgIpc) is 3.15. The van der Waals surface area contributed by atoms with Crippen LogP contribution in [0.4, 0.5) is 4.79 Å². The fraction of sp³-hybridized carbons (Fsp3) is 0.333. The van der Waals surface area contributed by atoms with Crippen molar-refractivity contribution in [2.45, 2.75) is 25.4 Å². The van der Waals surface area contributed by atoms with E-state index in [1.54, 1.807) is 11.8 Å². The van der Waals surface area contributed by atoms with Crippen molar-refractivity contribution in [3.05, 3.63) is 71.8 Å². The van der Waals surface area contributed by atoms with Gasteiger partial charge in [0.05, 0.1) is 6.61 Å². The normalized spacial score (nSPS) is 19.2. The molecular weight excluding hydrogens is 330 g/mol. The van der Waals surface area contributed by atoms with Gasteiger partial charge in [-0.05, 0) is 24.5 Å². The molecule has 0 unspecified atom stereocenters. The van der Waals surface area contributed by atoms with Crippen molar-refractivity contribution in [3.63, 3.8) is 0 Å². The van der Waals surface area contributed by atoms with Gasteiger partial charge in [0.2, 0.25) is 0 Å². The largest absolute Gasteiger partial charge is 0.465 e. The smallest absolute Gasteiger partial charge is 0.410 e. The number of esters is 1. The molecule has 136 valence electrons. The van der Waals surface area contributed by atoms with Crippen molar-refractivity contribution in [2.75, 3.05) is 19.7 Å². The maximum atomic E-state index is 12.7. The molecule has 0 aromatic heterocycles. The second-order valence-corrected chi connectivity index (χ2v) is 6.38. The van der Waals surface area contributed by atoms with Gasteiger partial charge in [-0.15, -0.1) is 0 Å². The van der Waals surface area contributed by atoms with Crippen molar-refractivity contribution in [1.82, 2.24) is 4.90 Å². The van der Waals surface area contributed by atoms with Gasteiger partial charge < -0.3 is 14.4 Å². The maximum Gasteiger partial charge on any atom is 0.410 e. The molecule has 0 saturated carbocycles. The van der Waals surface area contributed by atoms with Crippen molar-refractivity contribution >= 4 is 12.1 Å². The number of rotatable bonds is 5. The number of carbonyl (C=O) groups excluding carboxylic acids is 2. The molecule has 5 heteroatoms. The van der Waals surface area contributed by atoms with Gasteiger partial charge in [-0.2, -0.15) is 0 Å². The standard InChI is InChI=1S/C21H23NO4/c1-2-25-19(23)21(18-11-7-4-8-12-18)13-14-22(16-21)20(24)26-15-17-9-5-3-6-10-17/h3-12H,2,13-16H2,1H3/t21-/m1/s1. The number of nitrogens with zero attached hydrogens (tertiary/aromatic N) is 1. The Hall–Kier alpha value is -2.82. The van der Waals surface area contributed by atoms with Crippen LogP contribution in [0.1, 0.15) is 24.5 Å². The predicted octanol–water partition coefficient (Wildman–Crippen LogP) is 3.53. The summed E-state index contributed by atoms with van der Waals surface area (Å²) in [6.45, 7) is 3.04. The van der Waals surface area contributed by atoms with E-state index in [1.807, 2.05) is 60.7 Å². The summed E-state index contributed by atoms with van der Waals surface area (Å²) in [7, 11) is 0. The second kappa shape index (κ2) is 8.04. The number of hydrogen-bond donors (Lipinski definition) is 0. The van der Waals surface area contributed by atoms with E-state index in [-0.39, 0.29) is 19.1 Å². The van der Waals surface area contributed by atoms with Crippen LogP contribution in [0.15, 0.2) is 60.7 Å². The summed E-state index contributed by atoms with van der Waals surface area (Å²) >= 11 is 0. The van der Waals surface area contributed by atoms with Crippen LogP contribution in [0, 0.1) is 0 Å². The Morgan fingerprint density at radius 1 is 1.00 bits per heavy atom. The number of carbonyl (C=O) groups is 2. The monoisotopic (exact) mass is 353 g/mol. The van der Waals surface area contributed by atoms with Crippen LogP contribution < -0.4 is 0 Å². The van der Waals surface area contributed by atoms with E-state index in [2.05, 4.69) is 0 Å². The Bertz CT molecular complexity index is 747. The molecule has 1 aliphatic heterocycles. The third-order valence-corrected chi connectivity index (χ3v) is 4.73. The molecule has 1 amide bonds. The topological polar surface area (TPSA) is 55.8 Å². The molecule has 0 N–H and O–H groups in total. The zero-order valence-corrected chi connectivity index (χ0v) is 14.9. The maximum absolute atomic E-state index is 12.7. The summed E-state index contributed by atoms with van der Waals surface area (Å²) < 4.78 is 10.7. The summed E-state index contributed by atoms with van der Waals surface area (Å²) in [4.78, 5) is 26.8. The van der Waals surface area contributed by atoms with Crippen LogP contribution in [-0.4, -0.2) is 36.7 Å². The minimum Gasteiger partial charge on any atom is -0.465 e. The van der Waals surface area contributed by atoms with E-state index in [1.165, 1.54) is 0 Å². The lowest BCUT2D eigenvalue weighted by molar-refractivity contribution is -0.149. The van der Waals surface area contributed by atoms with E-state index in [4.69, 9.17) is 9.47 Å². The van der Waals surface area contributed by atoms with Gasteiger partial charge in [0, 0.05) is 13.1 Å². The molecule has 1 fully saturated rings. The Kier molecular flexibility index (Phi) is 5.56. The van der Waals surface area contributed by atoms with Gasteiger partial charge in [-0.25, -0.2) is 4.79 Å². The van der Waals surface area contributed by atoms with Crippen LogP contribution in [-0.2, 0) is 26.3 Å². The number of hydrogen-bond acceptors (Lipinski definition) is 4. The Balaban J connectivity index is 1.72. The van der Waals surface area contributed by atoms with E-state index in [9.17, 15) is 9.59 Å². The number of benzene rings is 2. The van der Waals surface area contributed by atoms with E-state index in [0.717, 1.165) is 11.1 Å². The van der Waals surface area contributed by atoms with Crippen LogP contribution in [0.25, 0.3) is 0 Å². The first-order valence-corrected chi connectivity index (χ1v) is 8.84. The van der Waals surface area contributed by atoms with Gasteiger partial charge in [-0.1, -0.05) is 60.7 Å². The van der Waals surface area contributed by atoms with Crippen molar-refractivity contribution in [3.8, 4) is 0 Å². The molecule has 1 heterocycles. The predicted molar refractivity (Wildman–Crippen MR) is 97.6 cm³/mol. The van der Waals surface area contributed by atoms with Crippen molar-refractivity contribution < 1.29 is 19.1 Å². The lowest BCUT2D eigenvalue weighted by Gasteiger charge is -2.27. The van der Waals surface area contributed by atoms with Gasteiger partial charge in [-0.3, -0.25) is 4.79 Å². The Morgan fingerprint density at radius 2 is 1.65 bits per heavy atom. The molecule has 2 aromatic rings. The molecular formula is C21H23NO4. The molecule has 0 aliphatic carbocycles. The number of ether oxygens (including phenoxy) is 2. The third kappa shape index (κ3) is 3.72. The Morgan fingerprint density at radius 3 is 2.31 bits per heavy atom. The molecule has 2 aromatic carbocycles. The van der Waals surface area contributed by atoms with E-state index < -0.39 is 11.5 Å². The summed E-state index contributed by atoms with van der Waals surface area (Å²) in [5, 5.41) is 0. The van der Waals surface area contributed by atoms with Crippen molar-refractivity contribution in [1.29, 1.82) is 0 Å². The molecule has 1 atom stereocenters. The highest BCUT2D eigenvalue weighted by Gasteiger charge is 2.49. The van der Waals surface area contributed by atoms with Gasteiger partial charge >= 0.3 is 12.1 Å². The number of likely N-dealkylation sites (tertiary alicyclic amines) is 1. The zero-order chi connectivity index (χ0) is 18.4. The summed E-state index contributed by atoms with van der Waals surface area (Å²) in [6.07, 6.45) is 0.118. The number of amides is 1. The molecule has 5 nitrogen and oxygen atoms in total. The van der Waals surface area contributed by atoms with Gasteiger partial charge in [0.25, 0.3) is 0 Å².